The summed E-state index contributed by atoms with van der Waals surface area (Å²) in [5, 5.41) is 21.2. The number of aromatic hydroxyl groups is 1. The standard InChI is InChI=1S/C20H16N2O7S/c1-29-20(24)17-10-9-14(12-19(17)23)21-30(27,28)15-6-4-5-13(11-15)16-7-2-3-8-18(16)22(25)26/h2-12,21,23H,1H3. The van der Waals surface area contributed by atoms with Gasteiger partial charge in [0.05, 0.1) is 28.2 Å². The molecule has 30 heavy (non-hydrogen) atoms. The Bertz CT molecular complexity index is 1240. The minimum Gasteiger partial charge on any atom is -0.507 e. The van der Waals surface area contributed by atoms with Crippen molar-refractivity contribution in [3.8, 4) is 16.9 Å². The Hall–Kier alpha value is -3.92. The molecule has 9 nitrogen and oxygen atoms in total. The summed E-state index contributed by atoms with van der Waals surface area (Å²) in [5.74, 6) is -1.21. The molecular weight excluding hydrogens is 412 g/mol. The fraction of sp³-hybridized carbons (Fsp3) is 0.0500. The second-order valence-electron chi connectivity index (χ2n) is 6.13. The fourth-order valence-electron chi connectivity index (χ4n) is 2.80. The van der Waals surface area contributed by atoms with Crippen molar-refractivity contribution in [1.82, 2.24) is 0 Å². The molecule has 0 spiro atoms. The number of rotatable bonds is 6. The molecule has 0 fully saturated rings. The number of para-hydroxylation sites is 1. The zero-order chi connectivity index (χ0) is 21.9. The molecular formula is C20H16N2O7S. The summed E-state index contributed by atoms with van der Waals surface area (Å²) in [6.45, 7) is 0. The number of carbonyl (C=O) groups is 1. The zero-order valence-corrected chi connectivity index (χ0v) is 16.4. The van der Waals surface area contributed by atoms with Gasteiger partial charge >= 0.3 is 5.97 Å². The number of nitro groups is 1. The maximum absolute atomic E-state index is 12.8. The molecule has 3 aromatic rings. The van der Waals surface area contributed by atoms with Gasteiger partial charge < -0.3 is 9.84 Å². The van der Waals surface area contributed by atoms with Gasteiger partial charge in [-0.2, -0.15) is 0 Å². The number of nitro benzene ring substituents is 1. The number of hydrogen-bond acceptors (Lipinski definition) is 7. The van der Waals surface area contributed by atoms with E-state index in [1.807, 2.05) is 0 Å². The minimum atomic E-state index is -4.08. The smallest absolute Gasteiger partial charge is 0.341 e. The van der Waals surface area contributed by atoms with Gasteiger partial charge in [-0.15, -0.1) is 0 Å². The number of phenolic OH excluding ortho intramolecular Hbond substituents is 1. The van der Waals surface area contributed by atoms with Crippen molar-refractivity contribution in [3.63, 3.8) is 0 Å². The van der Waals surface area contributed by atoms with E-state index in [4.69, 9.17) is 0 Å². The van der Waals surface area contributed by atoms with Gasteiger partial charge in [0.15, 0.2) is 0 Å². The van der Waals surface area contributed by atoms with Crippen LogP contribution in [0.15, 0.2) is 71.6 Å². The Balaban J connectivity index is 1.95. The highest BCUT2D eigenvalue weighted by Crippen LogP contribution is 2.31. The predicted molar refractivity (Wildman–Crippen MR) is 109 cm³/mol. The summed E-state index contributed by atoms with van der Waals surface area (Å²) < 4.78 is 32.4. The van der Waals surface area contributed by atoms with Crippen molar-refractivity contribution in [1.29, 1.82) is 0 Å². The first-order valence-corrected chi connectivity index (χ1v) is 9.99. The molecule has 3 rings (SSSR count). The van der Waals surface area contributed by atoms with Crippen LogP contribution in [-0.4, -0.2) is 31.5 Å². The highest BCUT2D eigenvalue weighted by atomic mass is 32.2. The van der Waals surface area contributed by atoms with Gasteiger partial charge in [-0.3, -0.25) is 14.8 Å². The number of nitrogens with zero attached hydrogens (tertiary/aromatic N) is 1. The van der Waals surface area contributed by atoms with Crippen LogP contribution in [0.4, 0.5) is 11.4 Å². The van der Waals surface area contributed by atoms with E-state index in [0.29, 0.717) is 5.56 Å². The molecule has 0 aliphatic carbocycles. The summed E-state index contributed by atoms with van der Waals surface area (Å²) in [4.78, 5) is 22.1. The van der Waals surface area contributed by atoms with Crippen LogP contribution in [0, 0.1) is 10.1 Å². The van der Waals surface area contributed by atoms with E-state index in [1.54, 1.807) is 12.1 Å². The zero-order valence-electron chi connectivity index (χ0n) is 15.6. The largest absolute Gasteiger partial charge is 0.507 e. The van der Waals surface area contributed by atoms with E-state index in [-0.39, 0.29) is 27.4 Å². The lowest BCUT2D eigenvalue weighted by Crippen LogP contribution is -2.13. The number of esters is 1. The maximum Gasteiger partial charge on any atom is 0.341 e. The lowest BCUT2D eigenvalue weighted by Gasteiger charge is -2.11. The molecule has 0 atom stereocenters. The third-order valence-corrected chi connectivity index (χ3v) is 5.59. The van der Waals surface area contributed by atoms with Crippen molar-refractivity contribution in [2.75, 3.05) is 11.8 Å². The van der Waals surface area contributed by atoms with E-state index in [2.05, 4.69) is 9.46 Å². The quantitative estimate of drug-likeness (QED) is 0.348. The van der Waals surface area contributed by atoms with Gasteiger partial charge in [0.25, 0.3) is 15.7 Å². The number of anilines is 1. The van der Waals surface area contributed by atoms with Crippen LogP contribution in [0.2, 0.25) is 0 Å². The summed E-state index contributed by atoms with van der Waals surface area (Å²) in [7, 11) is -2.92. The molecule has 0 saturated heterocycles. The molecule has 0 aliphatic rings. The van der Waals surface area contributed by atoms with Crippen LogP contribution >= 0.6 is 0 Å². The average Bonchev–Trinajstić information content (AvgIpc) is 2.73. The average molecular weight is 428 g/mol. The summed E-state index contributed by atoms with van der Waals surface area (Å²) in [6, 6.07) is 15.3. The SMILES string of the molecule is COC(=O)c1ccc(NS(=O)(=O)c2cccc(-c3ccccc3[N+](=O)[O-])c2)cc1O. The van der Waals surface area contributed by atoms with E-state index < -0.39 is 26.7 Å². The maximum atomic E-state index is 12.8. The normalized spacial score (nSPS) is 11.0. The third kappa shape index (κ3) is 4.23. The Morgan fingerprint density at radius 1 is 1.07 bits per heavy atom. The van der Waals surface area contributed by atoms with Crippen LogP contribution in [0.3, 0.4) is 0 Å². The van der Waals surface area contributed by atoms with Crippen molar-refractivity contribution in [2.45, 2.75) is 4.90 Å². The van der Waals surface area contributed by atoms with Crippen molar-refractivity contribution >= 4 is 27.4 Å². The van der Waals surface area contributed by atoms with Gasteiger partial charge in [-0.1, -0.05) is 24.3 Å². The Kier molecular flexibility index (Phi) is 5.70. The van der Waals surface area contributed by atoms with Crippen molar-refractivity contribution in [3.05, 3.63) is 82.4 Å². The first-order valence-electron chi connectivity index (χ1n) is 8.51. The molecule has 0 amide bonds. The van der Waals surface area contributed by atoms with Gasteiger partial charge in [-0.25, -0.2) is 13.2 Å². The molecule has 10 heteroatoms. The summed E-state index contributed by atoms with van der Waals surface area (Å²) in [5.41, 5.74) is 0.395. The topological polar surface area (TPSA) is 136 Å². The van der Waals surface area contributed by atoms with E-state index >= 15 is 0 Å². The second kappa shape index (κ2) is 8.21. The van der Waals surface area contributed by atoms with Gasteiger partial charge in [0.1, 0.15) is 11.3 Å². The van der Waals surface area contributed by atoms with Gasteiger partial charge in [0, 0.05) is 12.1 Å². The Labute approximate surface area is 171 Å². The lowest BCUT2D eigenvalue weighted by molar-refractivity contribution is -0.384. The Morgan fingerprint density at radius 2 is 1.80 bits per heavy atom. The third-order valence-electron chi connectivity index (χ3n) is 4.21. The summed E-state index contributed by atoms with van der Waals surface area (Å²) in [6.07, 6.45) is 0. The van der Waals surface area contributed by atoms with Crippen LogP contribution in [0.25, 0.3) is 11.1 Å². The highest BCUT2D eigenvalue weighted by molar-refractivity contribution is 7.92. The molecule has 0 unspecified atom stereocenters. The van der Waals surface area contributed by atoms with Gasteiger partial charge in [0.2, 0.25) is 0 Å². The number of benzene rings is 3. The van der Waals surface area contributed by atoms with Crippen molar-refractivity contribution < 1.29 is 28.0 Å². The summed E-state index contributed by atoms with van der Waals surface area (Å²) >= 11 is 0. The molecule has 0 saturated carbocycles. The lowest BCUT2D eigenvalue weighted by atomic mass is 10.0. The molecule has 0 radical (unpaired) electrons. The molecule has 0 aromatic heterocycles. The van der Waals surface area contributed by atoms with E-state index in [9.17, 15) is 28.4 Å². The monoisotopic (exact) mass is 428 g/mol. The molecule has 0 heterocycles. The number of sulfonamides is 1. The van der Waals surface area contributed by atoms with Crippen LogP contribution in [0.5, 0.6) is 5.75 Å². The number of phenols is 1. The molecule has 0 aliphatic heterocycles. The molecule has 154 valence electrons. The first kappa shape index (κ1) is 20.8. The van der Waals surface area contributed by atoms with Crippen LogP contribution in [-0.2, 0) is 14.8 Å². The van der Waals surface area contributed by atoms with Crippen LogP contribution in [0.1, 0.15) is 10.4 Å². The number of nitrogens with one attached hydrogen (secondary N) is 1. The van der Waals surface area contributed by atoms with Crippen LogP contribution < -0.4 is 4.72 Å². The van der Waals surface area contributed by atoms with Crippen molar-refractivity contribution in [2.24, 2.45) is 0 Å². The second-order valence-corrected chi connectivity index (χ2v) is 7.81. The number of carbonyl (C=O) groups excluding carboxylic acids is 1. The molecule has 3 aromatic carbocycles. The fourth-order valence-corrected chi connectivity index (χ4v) is 3.89. The number of methoxy groups -OCH3 is 1. The Morgan fingerprint density at radius 3 is 2.47 bits per heavy atom. The molecule has 2 N–H and O–H groups in total. The number of hydrogen-bond donors (Lipinski definition) is 2. The predicted octanol–water partition coefficient (Wildman–Crippen LogP) is 3.55. The first-order chi connectivity index (χ1) is 14.2. The minimum absolute atomic E-state index is 0.0243. The highest BCUT2D eigenvalue weighted by Gasteiger charge is 2.20. The number of ether oxygens (including phenoxy) is 1. The van der Waals surface area contributed by atoms with E-state index in [0.717, 1.165) is 13.2 Å². The molecule has 0 bridgehead atoms. The van der Waals surface area contributed by atoms with Gasteiger partial charge in [-0.05, 0) is 35.9 Å². The van der Waals surface area contributed by atoms with E-state index in [1.165, 1.54) is 48.5 Å².